The lowest BCUT2D eigenvalue weighted by Gasteiger charge is -2.65. The number of cyclic esters (lactones) is 1. The van der Waals surface area contributed by atoms with Gasteiger partial charge in [0.25, 0.3) is 0 Å². The number of hydrogen-bond acceptors (Lipinski definition) is 12. The van der Waals surface area contributed by atoms with Crippen molar-refractivity contribution in [1.82, 2.24) is 10.3 Å². The van der Waals surface area contributed by atoms with Crippen LogP contribution in [0.2, 0.25) is 0 Å². The molecule has 1 saturated heterocycles. The van der Waals surface area contributed by atoms with Crippen molar-refractivity contribution in [3.05, 3.63) is 46.9 Å². The van der Waals surface area contributed by atoms with E-state index < -0.39 is 88.4 Å². The summed E-state index contributed by atoms with van der Waals surface area (Å²) >= 11 is 0. The Morgan fingerprint density at radius 1 is 0.973 bits per heavy atom. The van der Waals surface area contributed by atoms with Gasteiger partial charge in [-0.25, -0.2) is 0 Å². The topological polar surface area (TPSA) is 274 Å². The number of aliphatic hydroxyl groups is 6. The van der Waals surface area contributed by atoms with Gasteiger partial charge in [0, 0.05) is 54.4 Å². The number of aromatic nitrogens is 1. The summed E-state index contributed by atoms with van der Waals surface area (Å²) in [6, 6.07) is 0.765. The molecule has 0 unspecified atom stereocenters. The highest BCUT2D eigenvalue weighted by Crippen LogP contribution is 2.74. The molecule has 5 saturated carbocycles. The van der Waals surface area contributed by atoms with Crippen molar-refractivity contribution in [3.63, 3.8) is 0 Å². The minimum absolute atomic E-state index is 0.0104. The Morgan fingerprint density at radius 3 is 2.45 bits per heavy atom. The van der Waals surface area contributed by atoms with E-state index in [0.717, 1.165) is 69.8 Å². The maximum absolute atomic E-state index is 15.9. The Labute approximate surface area is 443 Å². The van der Waals surface area contributed by atoms with Gasteiger partial charge in [-0.3, -0.25) is 19.4 Å². The van der Waals surface area contributed by atoms with Gasteiger partial charge >= 0.3 is 5.97 Å². The summed E-state index contributed by atoms with van der Waals surface area (Å²) in [5.74, 6) is 3.91. The number of ether oxygens (including phenoxy) is 1. The molecule has 9 aliphatic rings. The number of aliphatic imine (C=N–C) groups is 1. The molecule has 0 aromatic carbocycles. The summed E-state index contributed by atoms with van der Waals surface area (Å²) in [5, 5.41) is 78.6. The van der Waals surface area contributed by atoms with E-state index in [1.165, 1.54) is 12.5 Å². The predicted octanol–water partition coefficient (Wildman–Crippen LogP) is 5.32. The number of Topliss-reactive ketones (excluding diaryl/α,β-unsaturated/α-hetero) is 2. The van der Waals surface area contributed by atoms with Crippen LogP contribution in [0, 0.1) is 93.7 Å². The first-order valence-electron chi connectivity index (χ1n) is 28.9. The first-order chi connectivity index (χ1) is 35.8. The molecule has 15 heteroatoms. The van der Waals surface area contributed by atoms with E-state index in [1.807, 2.05) is 18.5 Å². The van der Waals surface area contributed by atoms with Gasteiger partial charge in [-0.1, -0.05) is 50.7 Å². The molecule has 2 heterocycles. The summed E-state index contributed by atoms with van der Waals surface area (Å²) in [4.78, 5) is 50.6. The van der Waals surface area contributed by atoms with Crippen LogP contribution in [0.4, 0.5) is 0 Å². The summed E-state index contributed by atoms with van der Waals surface area (Å²) in [6.45, 7) is 7.31. The number of nitrogens with zero attached hydrogens (tertiary/aromatic N) is 1. The van der Waals surface area contributed by atoms with Gasteiger partial charge in [0.1, 0.15) is 6.04 Å². The molecule has 0 bridgehead atoms. The lowest BCUT2D eigenvalue weighted by atomic mass is 9.40. The SMILES string of the molecule is CC(=O)[C@H](CO)NC1=C2[C@H](CC[C@]3(CCN=C(N)N)[C@@H]4[C@@H](CC#C[C@@H]([C@@H]5COC(=O)[C@H]5c5cc[nH]c5)C[C@@H]5[C@@H](CC=C6CC[C@H](C)C[C@H]65)[C@H](C)C[C@@H](O)[C@]4(C)O)C[C@@]23O)[C@@]2(C3CCCCC3)C[C@H](O)[C@H](O)C[C@H]2C1=O. The third-order valence-electron chi connectivity index (χ3n) is 22.1. The highest BCUT2D eigenvalue weighted by atomic mass is 16.5. The molecule has 0 spiro atoms. The molecule has 0 radical (unpaired) electrons. The number of carbonyl (C=O) groups is 3. The number of nitrogens with one attached hydrogen (secondary N) is 2. The van der Waals surface area contributed by atoms with Crippen molar-refractivity contribution >= 4 is 23.5 Å². The molecule has 1 aliphatic heterocycles. The lowest BCUT2D eigenvalue weighted by molar-refractivity contribution is -0.198. The average molecular weight is 1040 g/mol. The number of aliphatic hydroxyl groups excluding tert-OH is 4. The van der Waals surface area contributed by atoms with Gasteiger partial charge in [0.15, 0.2) is 17.5 Å². The fourth-order valence-electron chi connectivity index (χ4n) is 18.8. The standard InChI is InChI=1S/C60H87N5O10/c1-32-13-14-35-15-16-40-33(2)24-49(70)57(4,73)54-37(10-8-9-36(25-42(40)41(35)23-32)43-31-75-55(72)50(43)38-18-21-63-29-38)27-60(74)51-44(17-19-58(54,60)20-22-64-56(61)62)59(39-11-6-5-7-12-39)28-48(69)47(68)26-45(59)53(71)52(51)65-46(30-66)34(3)67/h15,18,21,29,32-33,36-37,39-50,54,63,65-66,68-70,73-74H,5-7,10-14,16-17,19-20,22-28,30-31H2,1-4H3,(H4,61,62,64)/t32-,33+,36+,37-,40-,41+,42+,43-,44-,45-,46-,47+,48-,49+,50-,54+,57-,58-,59-,60+/m0/s1. The summed E-state index contributed by atoms with van der Waals surface area (Å²) < 4.78 is 5.94. The van der Waals surface area contributed by atoms with E-state index >= 15 is 4.79 Å². The van der Waals surface area contributed by atoms with Crippen molar-refractivity contribution < 1.29 is 49.8 Å². The molecule has 6 fully saturated rings. The number of H-pyrrole nitrogens is 1. The molecular formula is C60H87N5O10. The predicted molar refractivity (Wildman–Crippen MR) is 283 cm³/mol. The van der Waals surface area contributed by atoms with Gasteiger partial charge in [0.2, 0.25) is 0 Å². The molecule has 1 aromatic rings. The fourth-order valence-corrected chi connectivity index (χ4v) is 18.8. The molecule has 10 rings (SSSR count). The van der Waals surface area contributed by atoms with Crippen LogP contribution < -0.4 is 16.8 Å². The first-order valence-corrected chi connectivity index (χ1v) is 28.9. The van der Waals surface area contributed by atoms with Gasteiger partial charge in [-0.15, -0.1) is 5.92 Å². The van der Waals surface area contributed by atoms with Crippen LogP contribution in [0.25, 0.3) is 0 Å². The van der Waals surface area contributed by atoms with E-state index in [9.17, 15) is 40.2 Å². The molecule has 20 atom stereocenters. The Bertz CT molecular complexity index is 2470. The number of esters is 1. The molecule has 75 heavy (non-hydrogen) atoms. The van der Waals surface area contributed by atoms with Crippen LogP contribution in [-0.4, -0.2) is 114 Å². The number of aromatic amines is 1. The van der Waals surface area contributed by atoms with E-state index in [0.29, 0.717) is 30.3 Å². The second-order valence-electron chi connectivity index (χ2n) is 25.9. The van der Waals surface area contributed by atoms with Crippen molar-refractivity contribution in [2.45, 2.75) is 185 Å². The zero-order chi connectivity index (χ0) is 53.4. The number of fused-ring (bicyclic) bond motifs is 10. The molecule has 8 aliphatic carbocycles. The normalized spacial score (nSPS) is 44.5. The Balaban J connectivity index is 1.17. The fraction of sp³-hybridized carbons (Fsp3) is 0.767. The molecule has 15 nitrogen and oxygen atoms in total. The zero-order valence-electron chi connectivity index (χ0n) is 44.9. The van der Waals surface area contributed by atoms with Crippen molar-refractivity contribution in [2.75, 3.05) is 19.8 Å². The third-order valence-corrected chi connectivity index (χ3v) is 22.1. The quantitative estimate of drug-likeness (QED) is 0.0468. The van der Waals surface area contributed by atoms with Crippen LogP contribution in [-0.2, 0) is 19.1 Å². The number of rotatable bonds is 10. The number of carbonyl (C=O) groups excluding carboxylic acids is 3. The highest BCUT2D eigenvalue weighted by Gasteiger charge is 2.75. The van der Waals surface area contributed by atoms with Crippen molar-refractivity contribution in [1.29, 1.82) is 0 Å². The second-order valence-corrected chi connectivity index (χ2v) is 25.9. The molecule has 1 aromatic heterocycles. The third kappa shape index (κ3) is 9.15. The van der Waals surface area contributed by atoms with Crippen LogP contribution in [0.5, 0.6) is 0 Å². The largest absolute Gasteiger partial charge is 0.465 e. The Kier molecular flexibility index (Phi) is 15.2. The molecule has 412 valence electrons. The molecule has 0 amide bonds. The minimum Gasteiger partial charge on any atom is -0.465 e. The Hall–Kier alpha value is -4.04. The number of nitrogens with two attached hydrogens (primary N) is 2. The number of ketones is 2. The summed E-state index contributed by atoms with van der Waals surface area (Å²) in [5.41, 5.74) is 9.11. The van der Waals surface area contributed by atoms with Crippen LogP contribution in [0.15, 0.2) is 46.4 Å². The zero-order valence-corrected chi connectivity index (χ0v) is 44.9. The van der Waals surface area contributed by atoms with Gasteiger partial charge in [-0.2, -0.15) is 0 Å². The first kappa shape index (κ1) is 54.3. The van der Waals surface area contributed by atoms with E-state index in [2.05, 4.69) is 47.1 Å². The van der Waals surface area contributed by atoms with Crippen molar-refractivity contribution in [3.8, 4) is 11.8 Å². The second kappa shape index (κ2) is 21.0. The Morgan fingerprint density at radius 2 is 1.75 bits per heavy atom. The summed E-state index contributed by atoms with van der Waals surface area (Å²) in [6.07, 6.45) is 13.7. The van der Waals surface area contributed by atoms with Crippen molar-refractivity contribution in [2.24, 2.45) is 98.3 Å². The maximum Gasteiger partial charge on any atom is 0.313 e. The van der Waals surface area contributed by atoms with Gasteiger partial charge < -0.3 is 57.1 Å². The molecule has 12 N–H and O–H groups in total. The number of hydrogen-bond donors (Lipinski definition) is 10. The van der Waals surface area contributed by atoms with Crippen LogP contribution in [0.3, 0.4) is 0 Å². The van der Waals surface area contributed by atoms with Crippen LogP contribution in [0.1, 0.15) is 155 Å². The molecular weight excluding hydrogens is 951 g/mol. The number of allylic oxidation sites excluding steroid dienone is 3. The number of guanidine groups is 1. The lowest BCUT2D eigenvalue weighted by Crippen LogP contribution is -2.67. The monoisotopic (exact) mass is 1040 g/mol. The average Bonchev–Trinajstić information content (AvgIpc) is 4.14. The van der Waals surface area contributed by atoms with Gasteiger partial charge in [0.05, 0.1) is 54.3 Å². The maximum atomic E-state index is 15.9. The summed E-state index contributed by atoms with van der Waals surface area (Å²) in [7, 11) is 0. The highest BCUT2D eigenvalue weighted by molar-refractivity contribution is 6.01. The van der Waals surface area contributed by atoms with E-state index in [1.54, 1.807) is 6.92 Å². The minimum atomic E-state index is -1.89. The van der Waals surface area contributed by atoms with E-state index in [4.69, 9.17) is 16.2 Å². The van der Waals surface area contributed by atoms with Crippen LogP contribution >= 0.6 is 0 Å². The van der Waals surface area contributed by atoms with Gasteiger partial charge in [-0.05, 0) is 174 Å². The smallest absolute Gasteiger partial charge is 0.313 e. The van der Waals surface area contributed by atoms with E-state index in [-0.39, 0.29) is 111 Å².